The zero-order valence-electron chi connectivity index (χ0n) is 10.9. The number of para-hydroxylation sites is 1. The first-order valence-corrected chi connectivity index (χ1v) is 6.76. The van der Waals surface area contributed by atoms with Crippen LogP contribution in [0.2, 0.25) is 0 Å². The third-order valence-electron chi connectivity index (χ3n) is 3.86. The lowest BCUT2D eigenvalue weighted by molar-refractivity contribution is -0.170. The van der Waals surface area contributed by atoms with Gasteiger partial charge in [0.1, 0.15) is 5.78 Å². The molecule has 0 bridgehead atoms. The molecule has 0 aromatic heterocycles. The highest BCUT2D eigenvalue weighted by atomic mass is 16.5. The van der Waals surface area contributed by atoms with Crippen molar-refractivity contribution < 1.29 is 14.3 Å². The summed E-state index contributed by atoms with van der Waals surface area (Å²) in [6.45, 7) is 2.05. The van der Waals surface area contributed by atoms with Crippen LogP contribution in [0.4, 0.5) is 5.69 Å². The zero-order valence-corrected chi connectivity index (χ0v) is 10.9. The number of anilines is 1. The predicted molar refractivity (Wildman–Crippen MR) is 70.8 cm³/mol. The topological polar surface area (TPSA) is 55.4 Å². The molecule has 3 rings (SSSR count). The van der Waals surface area contributed by atoms with Crippen LogP contribution in [-0.2, 0) is 19.9 Å². The SMILES string of the molecule is CCCC1CC(=O)CC2(O1)C(=O)Nc1ccccc12. The van der Waals surface area contributed by atoms with Gasteiger partial charge < -0.3 is 10.1 Å². The van der Waals surface area contributed by atoms with E-state index in [2.05, 4.69) is 12.2 Å². The third kappa shape index (κ3) is 1.87. The van der Waals surface area contributed by atoms with Crippen LogP contribution in [0.5, 0.6) is 0 Å². The minimum Gasteiger partial charge on any atom is -0.356 e. The summed E-state index contributed by atoms with van der Waals surface area (Å²) in [4.78, 5) is 24.3. The number of fused-ring (bicyclic) bond motifs is 2. The van der Waals surface area contributed by atoms with Gasteiger partial charge in [-0.1, -0.05) is 31.5 Å². The monoisotopic (exact) mass is 259 g/mol. The van der Waals surface area contributed by atoms with Gasteiger partial charge in [-0.2, -0.15) is 0 Å². The Hall–Kier alpha value is -1.68. The molecule has 2 atom stereocenters. The molecule has 2 unspecified atom stereocenters. The molecule has 0 aliphatic carbocycles. The molecular formula is C15H17NO3. The van der Waals surface area contributed by atoms with Crippen molar-refractivity contribution in [3.8, 4) is 0 Å². The van der Waals surface area contributed by atoms with Crippen LogP contribution < -0.4 is 5.32 Å². The molecule has 1 N–H and O–H groups in total. The molecule has 4 nitrogen and oxygen atoms in total. The van der Waals surface area contributed by atoms with E-state index in [-0.39, 0.29) is 24.2 Å². The van der Waals surface area contributed by atoms with Gasteiger partial charge in [0, 0.05) is 24.1 Å². The molecule has 2 aliphatic heterocycles. The fraction of sp³-hybridized carbons (Fsp3) is 0.467. The van der Waals surface area contributed by atoms with Gasteiger partial charge in [0.15, 0.2) is 5.60 Å². The fourth-order valence-corrected chi connectivity index (χ4v) is 3.04. The van der Waals surface area contributed by atoms with E-state index >= 15 is 0 Å². The normalized spacial score (nSPS) is 29.4. The Bertz CT molecular complexity index is 540. The summed E-state index contributed by atoms with van der Waals surface area (Å²) in [7, 11) is 0. The Balaban J connectivity index is 2.02. The maximum Gasteiger partial charge on any atom is 0.261 e. The van der Waals surface area contributed by atoms with Gasteiger partial charge in [0.2, 0.25) is 0 Å². The molecular weight excluding hydrogens is 242 g/mol. The number of nitrogens with one attached hydrogen (secondary N) is 1. The molecule has 100 valence electrons. The van der Waals surface area contributed by atoms with Crippen LogP contribution in [0.25, 0.3) is 0 Å². The predicted octanol–water partition coefficient (Wildman–Crippen LogP) is 2.38. The van der Waals surface area contributed by atoms with Gasteiger partial charge in [-0.15, -0.1) is 0 Å². The molecule has 4 heteroatoms. The van der Waals surface area contributed by atoms with Crippen LogP contribution >= 0.6 is 0 Å². The minimum atomic E-state index is -1.09. The number of benzene rings is 1. The first kappa shape index (κ1) is 12.4. The van der Waals surface area contributed by atoms with Crippen LogP contribution in [-0.4, -0.2) is 17.8 Å². The third-order valence-corrected chi connectivity index (χ3v) is 3.86. The maximum absolute atomic E-state index is 12.3. The highest BCUT2D eigenvalue weighted by Gasteiger charge is 2.53. The van der Waals surface area contributed by atoms with Crippen molar-refractivity contribution in [1.29, 1.82) is 0 Å². The van der Waals surface area contributed by atoms with Gasteiger partial charge in [-0.05, 0) is 12.5 Å². The Morgan fingerprint density at radius 2 is 2.16 bits per heavy atom. The summed E-state index contributed by atoms with van der Waals surface area (Å²) in [6, 6.07) is 7.46. The van der Waals surface area contributed by atoms with E-state index in [0.29, 0.717) is 6.42 Å². The summed E-state index contributed by atoms with van der Waals surface area (Å²) in [6.07, 6.45) is 2.17. The van der Waals surface area contributed by atoms with Crippen molar-refractivity contribution in [1.82, 2.24) is 0 Å². The van der Waals surface area contributed by atoms with E-state index in [1.165, 1.54) is 0 Å². The van der Waals surface area contributed by atoms with Crippen LogP contribution in [0.15, 0.2) is 24.3 Å². The lowest BCUT2D eigenvalue weighted by Gasteiger charge is -2.36. The number of carbonyl (C=O) groups excluding carboxylic acids is 2. The molecule has 1 aromatic carbocycles. The Labute approximate surface area is 112 Å². The largest absolute Gasteiger partial charge is 0.356 e. The van der Waals surface area contributed by atoms with Crippen molar-refractivity contribution in [3.05, 3.63) is 29.8 Å². The summed E-state index contributed by atoms with van der Waals surface area (Å²) >= 11 is 0. The molecule has 19 heavy (non-hydrogen) atoms. The van der Waals surface area contributed by atoms with E-state index in [4.69, 9.17) is 4.74 Å². The van der Waals surface area contributed by atoms with Gasteiger partial charge >= 0.3 is 0 Å². The first-order valence-electron chi connectivity index (χ1n) is 6.76. The molecule has 1 spiro atoms. The lowest BCUT2D eigenvalue weighted by atomic mass is 9.84. The second-order valence-electron chi connectivity index (χ2n) is 5.27. The van der Waals surface area contributed by atoms with Crippen molar-refractivity contribution in [2.75, 3.05) is 5.32 Å². The van der Waals surface area contributed by atoms with E-state index in [1.807, 2.05) is 24.3 Å². The van der Waals surface area contributed by atoms with Crippen LogP contribution in [0, 0.1) is 0 Å². The summed E-state index contributed by atoms with van der Waals surface area (Å²) in [5, 5.41) is 2.82. The number of ether oxygens (including phenoxy) is 1. The Kier molecular flexibility index (Phi) is 2.90. The molecule has 1 fully saturated rings. The van der Waals surface area contributed by atoms with E-state index in [1.54, 1.807) is 0 Å². The summed E-state index contributed by atoms with van der Waals surface area (Å²) in [5.41, 5.74) is 0.470. The van der Waals surface area contributed by atoms with E-state index in [9.17, 15) is 9.59 Å². The molecule has 1 amide bonds. The van der Waals surface area contributed by atoms with E-state index < -0.39 is 5.60 Å². The Morgan fingerprint density at radius 3 is 2.95 bits per heavy atom. The van der Waals surface area contributed by atoms with Crippen LogP contribution in [0.1, 0.15) is 38.2 Å². The summed E-state index contributed by atoms with van der Waals surface area (Å²) in [5.74, 6) is -0.0978. The molecule has 1 saturated heterocycles. The molecule has 0 saturated carbocycles. The number of hydrogen-bond donors (Lipinski definition) is 1. The van der Waals surface area contributed by atoms with Crippen molar-refractivity contribution >= 4 is 17.4 Å². The van der Waals surface area contributed by atoms with Crippen molar-refractivity contribution in [2.45, 2.75) is 44.3 Å². The van der Waals surface area contributed by atoms with Gasteiger partial charge in [0.05, 0.1) is 6.10 Å². The molecule has 2 heterocycles. The quantitative estimate of drug-likeness (QED) is 0.887. The zero-order chi connectivity index (χ0) is 13.5. The number of carbonyl (C=O) groups is 2. The Morgan fingerprint density at radius 1 is 1.37 bits per heavy atom. The first-order chi connectivity index (χ1) is 9.15. The fourth-order valence-electron chi connectivity index (χ4n) is 3.04. The number of Topliss-reactive ketones (excluding diaryl/α,β-unsaturated/α-hetero) is 1. The highest BCUT2D eigenvalue weighted by molar-refractivity contribution is 6.07. The molecule has 2 aliphatic rings. The maximum atomic E-state index is 12.3. The average Bonchev–Trinajstić information content (AvgIpc) is 2.62. The lowest BCUT2D eigenvalue weighted by Crippen LogP contribution is -2.46. The molecule has 1 aromatic rings. The second kappa shape index (κ2) is 4.46. The number of rotatable bonds is 2. The van der Waals surface area contributed by atoms with Crippen molar-refractivity contribution in [3.63, 3.8) is 0 Å². The standard InChI is InChI=1S/C15H17NO3/c1-2-5-11-8-10(17)9-15(19-11)12-6-3-4-7-13(12)16-14(15)18/h3-4,6-7,11H,2,5,8-9H2,1H3,(H,16,18). The van der Waals surface area contributed by atoms with E-state index in [0.717, 1.165) is 24.1 Å². The van der Waals surface area contributed by atoms with Gasteiger partial charge in [-0.3, -0.25) is 9.59 Å². The summed E-state index contributed by atoms with van der Waals surface area (Å²) < 4.78 is 6.05. The number of amides is 1. The smallest absolute Gasteiger partial charge is 0.261 e. The number of ketones is 1. The minimum absolute atomic E-state index is 0.108. The number of hydrogen-bond acceptors (Lipinski definition) is 3. The van der Waals surface area contributed by atoms with Crippen LogP contribution in [0.3, 0.4) is 0 Å². The highest BCUT2D eigenvalue weighted by Crippen LogP contribution is 2.45. The van der Waals surface area contributed by atoms with Crippen molar-refractivity contribution in [2.24, 2.45) is 0 Å². The van der Waals surface area contributed by atoms with Gasteiger partial charge in [-0.25, -0.2) is 0 Å². The average molecular weight is 259 g/mol. The van der Waals surface area contributed by atoms with Gasteiger partial charge in [0.25, 0.3) is 5.91 Å². The second-order valence-corrected chi connectivity index (χ2v) is 5.27. The molecule has 0 radical (unpaired) electrons.